The Kier molecular flexibility index (Phi) is 3.49. The molecule has 0 saturated carbocycles. The predicted octanol–water partition coefficient (Wildman–Crippen LogP) is 2.49. The maximum Gasteiger partial charge on any atom is 0.0428 e. The monoisotopic (exact) mass is 218 g/mol. The molecule has 0 amide bonds. The van der Waals surface area contributed by atoms with Gasteiger partial charge in [0.1, 0.15) is 0 Å². The lowest BCUT2D eigenvalue weighted by atomic mass is 10.1. The van der Waals surface area contributed by atoms with Crippen LogP contribution in [0.15, 0.2) is 18.2 Å². The summed E-state index contributed by atoms with van der Waals surface area (Å²) in [6, 6.07) is 7.21. The summed E-state index contributed by atoms with van der Waals surface area (Å²) in [5.41, 5.74) is 4.24. The van der Waals surface area contributed by atoms with Crippen molar-refractivity contribution in [1.29, 1.82) is 0 Å². The lowest BCUT2D eigenvalue weighted by Crippen LogP contribution is -2.35. The highest BCUT2D eigenvalue weighted by molar-refractivity contribution is 5.59. The van der Waals surface area contributed by atoms with Gasteiger partial charge in [0.05, 0.1) is 0 Å². The molecule has 1 aromatic carbocycles. The second-order valence-electron chi connectivity index (χ2n) is 4.82. The fraction of sp³-hybridized carbons (Fsp3) is 0.571. The molecule has 2 rings (SSSR count). The Labute approximate surface area is 98.7 Å². The van der Waals surface area contributed by atoms with Crippen molar-refractivity contribution in [3.05, 3.63) is 29.3 Å². The van der Waals surface area contributed by atoms with Crippen molar-refractivity contribution in [2.45, 2.75) is 33.2 Å². The summed E-state index contributed by atoms with van der Waals surface area (Å²) >= 11 is 0. The van der Waals surface area contributed by atoms with Crippen LogP contribution < -0.4 is 10.2 Å². The van der Waals surface area contributed by atoms with E-state index in [1.54, 1.807) is 0 Å². The van der Waals surface area contributed by atoms with Gasteiger partial charge in [0.2, 0.25) is 0 Å². The second kappa shape index (κ2) is 4.88. The zero-order valence-electron chi connectivity index (χ0n) is 10.6. The zero-order valence-corrected chi connectivity index (χ0v) is 10.6. The minimum Gasteiger partial charge on any atom is -0.367 e. The van der Waals surface area contributed by atoms with Crippen molar-refractivity contribution in [3.8, 4) is 0 Å². The fourth-order valence-corrected chi connectivity index (χ4v) is 2.60. The molecule has 1 atom stereocenters. The van der Waals surface area contributed by atoms with Gasteiger partial charge >= 0.3 is 0 Å². The van der Waals surface area contributed by atoms with E-state index in [0.29, 0.717) is 6.04 Å². The van der Waals surface area contributed by atoms with Gasteiger partial charge < -0.3 is 10.2 Å². The fourth-order valence-electron chi connectivity index (χ4n) is 2.60. The van der Waals surface area contributed by atoms with Gasteiger partial charge in [0, 0.05) is 24.8 Å². The molecule has 1 N–H and O–H groups in total. The third kappa shape index (κ3) is 2.22. The van der Waals surface area contributed by atoms with Crippen LogP contribution >= 0.6 is 0 Å². The van der Waals surface area contributed by atoms with Gasteiger partial charge in [-0.15, -0.1) is 0 Å². The minimum atomic E-state index is 0.634. The largest absolute Gasteiger partial charge is 0.367 e. The highest BCUT2D eigenvalue weighted by Gasteiger charge is 2.19. The summed E-state index contributed by atoms with van der Waals surface area (Å²) < 4.78 is 0. The molecule has 1 aromatic rings. The van der Waals surface area contributed by atoms with Gasteiger partial charge in [-0.25, -0.2) is 0 Å². The molecule has 0 aliphatic carbocycles. The van der Waals surface area contributed by atoms with Crippen LogP contribution in [0.1, 0.15) is 24.5 Å². The zero-order chi connectivity index (χ0) is 11.5. The summed E-state index contributed by atoms with van der Waals surface area (Å²) in [7, 11) is 0. The minimum absolute atomic E-state index is 0.634. The van der Waals surface area contributed by atoms with E-state index in [1.165, 1.54) is 23.2 Å². The molecule has 1 fully saturated rings. The normalized spacial score (nSPS) is 21.9. The highest BCUT2D eigenvalue weighted by atomic mass is 15.2. The van der Waals surface area contributed by atoms with E-state index in [0.717, 1.165) is 19.6 Å². The molecule has 1 saturated heterocycles. The van der Waals surface area contributed by atoms with Crippen LogP contribution in [0.4, 0.5) is 5.69 Å². The quantitative estimate of drug-likeness (QED) is 0.779. The third-order valence-corrected chi connectivity index (χ3v) is 3.53. The summed E-state index contributed by atoms with van der Waals surface area (Å²) in [6.07, 6.45) is 1.23. The third-order valence-electron chi connectivity index (χ3n) is 3.53. The number of hydrogen-bond donors (Lipinski definition) is 1. The van der Waals surface area contributed by atoms with Gasteiger partial charge in [-0.3, -0.25) is 0 Å². The highest BCUT2D eigenvalue weighted by Crippen LogP contribution is 2.27. The summed E-state index contributed by atoms with van der Waals surface area (Å²) in [6.45, 7) is 10.1. The van der Waals surface area contributed by atoms with E-state index in [1.807, 2.05) is 0 Å². The van der Waals surface area contributed by atoms with E-state index in [2.05, 4.69) is 49.2 Å². The number of rotatable bonds is 1. The van der Waals surface area contributed by atoms with Crippen LogP contribution in [0, 0.1) is 13.8 Å². The summed E-state index contributed by atoms with van der Waals surface area (Å²) in [5, 5.41) is 3.47. The average Bonchev–Trinajstić information content (AvgIpc) is 2.44. The lowest BCUT2D eigenvalue weighted by Gasteiger charge is -2.32. The molecule has 0 bridgehead atoms. The smallest absolute Gasteiger partial charge is 0.0428 e. The average molecular weight is 218 g/mol. The van der Waals surface area contributed by atoms with Crippen molar-refractivity contribution in [2.24, 2.45) is 0 Å². The van der Waals surface area contributed by atoms with Crippen molar-refractivity contribution < 1.29 is 0 Å². The molecule has 2 nitrogen and oxygen atoms in total. The Morgan fingerprint density at radius 1 is 1.19 bits per heavy atom. The number of aryl methyl sites for hydroxylation is 2. The number of anilines is 1. The first kappa shape index (κ1) is 11.5. The Hall–Kier alpha value is -1.02. The lowest BCUT2D eigenvalue weighted by molar-refractivity contribution is 0.629. The molecule has 2 heteroatoms. The first-order valence-electron chi connectivity index (χ1n) is 6.23. The molecule has 1 aliphatic heterocycles. The maximum absolute atomic E-state index is 3.47. The van der Waals surface area contributed by atoms with Crippen LogP contribution in [0.5, 0.6) is 0 Å². The molecule has 88 valence electrons. The van der Waals surface area contributed by atoms with E-state index in [9.17, 15) is 0 Å². The van der Waals surface area contributed by atoms with E-state index in [4.69, 9.17) is 0 Å². The predicted molar refractivity (Wildman–Crippen MR) is 70.2 cm³/mol. The van der Waals surface area contributed by atoms with Gasteiger partial charge in [-0.2, -0.15) is 0 Å². The molecule has 1 aliphatic rings. The van der Waals surface area contributed by atoms with Crippen molar-refractivity contribution in [1.82, 2.24) is 5.32 Å². The number of nitrogens with one attached hydrogen (secondary N) is 1. The molecule has 0 aromatic heterocycles. The Morgan fingerprint density at radius 2 is 1.88 bits per heavy atom. The molecule has 1 heterocycles. The standard InChI is InChI=1S/C14H22N2/c1-11-5-4-6-12(2)14(11)16-10-9-15-8-7-13(16)3/h4-6,13,15H,7-10H2,1-3H3. The first-order chi connectivity index (χ1) is 7.70. The Balaban J connectivity index is 2.33. The van der Waals surface area contributed by atoms with Crippen molar-refractivity contribution in [2.75, 3.05) is 24.5 Å². The summed E-state index contributed by atoms with van der Waals surface area (Å²) in [5.74, 6) is 0. The van der Waals surface area contributed by atoms with Crippen molar-refractivity contribution in [3.63, 3.8) is 0 Å². The van der Waals surface area contributed by atoms with Gasteiger partial charge in [-0.05, 0) is 44.9 Å². The SMILES string of the molecule is Cc1cccc(C)c1N1CCNCCC1C. The number of hydrogen-bond acceptors (Lipinski definition) is 2. The second-order valence-corrected chi connectivity index (χ2v) is 4.82. The Bertz CT molecular complexity index is 340. The summed E-state index contributed by atoms with van der Waals surface area (Å²) in [4.78, 5) is 2.56. The van der Waals surface area contributed by atoms with Crippen LogP contribution in [-0.4, -0.2) is 25.7 Å². The van der Waals surface area contributed by atoms with Crippen LogP contribution in [-0.2, 0) is 0 Å². The molecular formula is C14H22N2. The van der Waals surface area contributed by atoms with E-state index in [-0.39, 0.29) is 0 Å². The maximum atomic E-state index is 3.47. The van der Waals surface area contributed by atoms with E-state index < -0.39 is 0 Å². The van der Waals surface area contributed by atoms with Gasteiger partial charge in [0.15, 0.2) is 0 Å². The van der Waals surface area contributed by atoms with E-state index >= 15 is 0 Å². The van der Waals surface area contributed by atoms with Crippen LogP contribution in [0.3, 0.4) is 0 Å². The molecule has 16 heavy (non-hydrogen) atoms. The molecule has 1 unspecified atom stereocenters. The molecule has 0 radical (unpaired) electrons. The van der Waals surface area contributed by atoms with Crippen LogP contribution in [0.2, 0.25) is 0 Å². The van der Waals surface area contributed by atoms with Gasteiger partial charge in [0.25, 0.3) is 0 Å². The molecular weight excluding hydrogens is 196 g/mol. The number of nitrogens with zero attached hydrogens (tertiary/aromatic N) is 1. The number of para-hydroxylation sites is 1. The Morgan fingerprint density at radius 3 is 2.56 bits per heavy atom. The van der Waals surface area contributed by atoms with Gasteiger partial charge in [-0.1, -0.05) is 18.2 Å². The number of benzene rings is 1. The van der Waals surface area contributed by atoms with Crippen LogP contribution in [0.25, 0.3) is 0 Å². The first-order valence-corrected chi connectivity index (χ1v) is 6.23. The van der Waals surface area contributed by atoms with Crippen molar-refractivity contribution >= 4 is 5.69 Å². The topological polar surface area (TPSA) is 15.3 Å². The molecule has 0 spiro atoms.